The van der Waals surface area contributed by atoms with Gasteiger partial charge in [0.05, 0.1) is 17.6 Å². The van der Waals surface area contributed by atoms with Gasteiger partial charge in [-0.25, -0.2) is 4.98 Å². The summed E-state index contributed by atoms with van der Waals surface area (Å²) in [5.41, 5.74) is 12.8. The molecule has 0 radical (unpaired) electrons. The Kier molecular flexibility index (Phi) is 7.23. The van der Waals surface area contributed by atoms with Crippen LogP contribution < -0.4 is 0 Å². The number of hydrogen-bond acceptors (Lipinski definition) is 4. The lowest BCUT2D eigenvalue weighted by atomic mass is 9.78. The topological polar surface area (TPSA) is 63.6 Å². The number of aromatic hydroxyl groups is 1. The number of fused-ring (bicyclic) bond motifs is 4. The molecule has 4 aromatic heterocycles. The Morgan fingerprint density at radius 3 is 2.12 bits per heavy atom. The summed E-state index contributed by atoms with van der Waals surface area (Å²) < 4.78 is 8.24. The molecule has 0 aliphatic heterocycles. The quantitative estimate of drug-likeness (QED) is 0.205. The molecule has 0 bridgehead atoms. The van der Waals surface area contributed by atoms with Crippen LogP contribution in [-0.2, 0) is 10.8 Å². The smallest absolute Gasteiger partial charge is 0.153 e. The van der Waals surface area contributed by atoms with Crippen molar-refractivity contribution in [3.8, 4) is 50.5 Å². The van der Waals surface area contributed by atoms with Crippen LogP contribution in [0.1, 0.15) is 58.4 Å². The molecule has 1 N–H and O–H groups in total. The molecule has 5 nitrogen and oxygen atoms in total. The highest BCUT2D eigenvalue weighted by atomic mass is 16.3. The second-order valence-electron chi connectivity index (χ2n) is 15.4. The van der Waals surface area contributed by atoms with Crippen molar-refractivity contribution >= 4 is 27.6 Å². The van der Waals surface area contributed by atoms with Gasteiger partial charge >= 0.3 is 0 Å². The third-order valence-corrected chi connectivity index (χ3v) is 9.84. The van der Waals surface area contributed by atoms with E-state index < -0.39 is 0 Å². The maximum absolute atomic E-state index is 11.9. The second-order valence-corrected chi connectivity index (χ2v) is 15.4. The van der Waals surface area contributed by atoms with Crippen LogP contribution in [0.4, 0.5) is 0 Å². The van der Waals surface area contributed by atoms with E-state index in [4.69, 9.17) is 14.4 Å². The van der Waals surface area contributed by atoms with Gasteiger partial charge in [0.2, 0.25) is 0 Å². The van der Waals surface area contributed by atoms with Crippen LogP contribution in [0.2, 0.25) is 0 Å². The minimum Gasteiger partial charge on any atom is -0.507 e. The van der Waals surface area contributed by atoms with Crippen molar-refractivity contribution in [1.82, 2.24) is 14.4 Å². The summed E-state index contributed by atoms with van der Waals surface area (Å²) in [6, 6.07) is 35.7. The van der Waals surface area contributed by atoms with Gasteiger partial charge in [-0.3, -0.25) is 4.98 Å². The summed E-state index contributed by atoms with van der Waals surface area (Å²) >= 11 is 0. The van der Waals surface area contributed by atoms with E-state index in [9.17, 15) is 5.11 Å². The van der Waals surface area contributed by atoms with Crippen LogP contribution >= 0.6 is 0 Å². The third kappa shape index (κ3) is 5.34. The zero-order valence-electron chi connectivity index (χ0n) is 29.7. The first-order valence-electron chi connectivity index (χ1n) is 17.2. The van der Waals surface area contributed by atoms with Crippen molar-refractivity contribution in [1.29, 1.82) is 0 Å². The molecular weight excluding hydrogens is 615 g/mol. The molecule has 0 amide bonds. The fourth-order valence-electron chi connectivity index (χ4n) is 6.97. The van der Waals surface area contributed by atoms with Crippen LogP contribution in [-0.4, -0.2) is 19.5 Å². The molecule has 4 aromatic carbocycles. The highest BCUT2D eigenvalue weighted by Gasteiger charge is 2.28. The first-order chi connectivity index (χ1) is 23.9. The van der Waals surface area contributed by atoms with Crippen LogP contribution in [0.3, 0.4) is 0 Å². The Bertz CT molecular complexity index is 2580. The molecule has 8 aromatic rings. The molecule has 4 heterocycles. The average molecular weight is 656 g/mol. The van der Waals surface area contributed by atoms with Gasteiger partial charge in [-0.15, -0.1) is 0 Å². The van der Waals surface area contributed by atoms with E-state index in [2.05, 4.69) is 138 Å². The molecule has 0 aliphatic carbocycles. The van der Waals surface area contributed by atoms with E-state index >= 15 is 0 Å². The summed E-state index contributed by atoms with van der Waals surface area (Å²) in [7, 11) is 0. The molecule has 0 fully saturated rings. The number of imidazole rings is 1. The van der Waals surface area contributed by atoms with Gasteiger partial charge in [0.1, 0.15) is 17.0 Å². The van der Waals surface area contributed by atoms with Gasteiger partial charge < -0.3 is 13.9 Å². The van der Waals surface area contributed by atoms with Gasteiger partial charge in [0, 0.05) is 44.9 Å². The summed E-state index contributed by atoms with van der Waals surface area (Å²) in [6.45, 7) is 15.2. The number of para-hydroxylation sites is 1. The predicted molar refractivity (Wildman–Crippen MR) is 206 cm³/mol. The maximum Gasteiger partial charge on any atom is 0.153 e. The molecular formula is C45H41N3O2. The maximum atomic E-state index is 11.9. The highest BCUT2D eigenvalue weighted by molar-refractivity contribution is 6.05. The largest absolute Gasteiger partial charge is 0.507 e. The average Bonchev–Trinajstić information content (AvgIpc) is 3.64. The van der Waals surface area contributed by atoms with Crippen LogP contribution in [0.15, 0.2) is 120 Å². The number of hydrogen-bond donors (Lipinski definition) is 1. The van der Waals surface area contributed by atoms with Crippen molar-refractivity contribution in [3.63, 3.8) is 0 Å². The number of rotatable bonds is 4. The Hall–Kier alpha value is -5.68. The minimum atomic E-state index is -0.251. The van der Waals surface area contributed by atoms with Crippen molar-refractivity contribution < 1.29 is 9.52 Å². The van der Waals surface area contributed by atoms with Gasteiger partial charge in [-0.1, -0.05) is 114 Å². The number of phenolic OH excluding ortho intramolecular Hbond substituents is 1. The molecule has 8 rings (SSSR count). The zero-order valence-corrected chi connectivity index (χ0v) is 29.7. The Morgan fingerprint density at radius 2 is 1.36 bits per heavy atom. The third-order valence-electron chi connectivity index (χ3n) is 9.84. The van der Waals surface area contributed by atoms with E-state index in [1.807, 2.05) is 30.5 Å². The van der Waals surface area contributed by atoms with Gasteiger partial charge in [-0.05, 0) is 70.3 Å². The minimum absolute atomic E-state index is 0.110. The van der Waals surface area contributed by atoms with E-state index in [0.29, 0.717) is 0 Å². The number of furan rings is 1. The van der Waals surface area contributed by atoms with Crippen molar-refractivity contribution in [2.24, 2.45) is 0 Å². The second kappa shape index (κ2) is 11.4. The van der Waals surface area contributed by atoms with Gasteiger partial charge in [-0.2, -0.15) is 0 Å². The zero-order chi connectivity index (χ0) is 34.9. The number of phenols is 1. The van der Waals surface area contributed by atoms with Gasteiger partial charge in [0.15, 0.2) is 5.58 Å². The Morgan fingerprint density at radius 1 is 0.640 bits per heavy atom. The van der Waals surface area contributed by atoms with Gasteiger partial charge in [0.25, 0.3) is 0 Å². The summed E-state index contributed by atoms with van der Waals surface area (Å²) in [6.07, 6.45) is 3.98. The standard InChI is InChI=1S/C45H41N3O2/c1-27-41(36-22-32(44(2,3)4)23-37(42(36)49)45(5,6)7)47-43-34(21-31(26-48(27)43)28-14-9-8-10-15-28)29-16-13-17-30(20-29)38-24-35-33-18-11-12-19-39(33)50-40(35)25-46-38/h8-26,49H,1-7H3. The molecule has 0 saturated heterocycles. The molecule has 50 heavy (non-hydrogen) atoms. The monoisotopic (exact) mass is 655 g/mol. The molecule has 0 unspecified atom stereocenters. The lowest BCUT2D eigenvalue weighted by Gasteiger charge is -2.27. The lowest BCUT2D eigenvalue weighted by Crippen LogP contribution is -2.17. The molecule has 0 atom stereocenters. The highest BCUT2D eigenvalue weighted by Crippen LogP contribution is 2.44. The molecule has 0 spiro atoms. The fraction of sp³-hybridized carbons (Fsp3) is 0.200. The predicted octanol–water partition coefficient (Wildman–Crippen LogP) is 11.9. The van der Waals surface area contributed by atoms with Crippen molar-refractivity contribution in [2.75, 3.05) is 0 Å². The molecule has 0 aliphatic rings. The van der Waals surface area contributed by atoms with E-state index in [-0.39, 0.29) is 16.6 Å². The number of benzene rings is 4. The van der Waals surface area contributed by atoms with E-state index in [0.717, 1.165) is 83.6 Å². The molecule has 248 valence electrons. The van der Waals surface area contributed by atoms with E-state index in [1.165, 1.54) is 5.56 Å². The molecule has 0 saturated carbocycles. The summed E-state index contributed by atoms with van der Waals surface area (Å²) in [4.78, 5) is 10.2. The normalized spacial score (nSPS) is 12.4. The summed E-state index contributed by atoms with van der Waals surface area (Å²) in [5, 5.41) is 14.0. The molecule has 5 heteroatoms. The number of aryl methyl sites for hydroxylation is 1. The number of nitrogens with zero attached hydrogens (tertiary/aromatic N) is 3. The van der Waals surface area contributed by atoms with Crippen LogP contribution in [0.25, 0.3) is 72.4 Å². The van der Waals surface area contributed by atoms with Crippen LogP contribution in [0.5, 0.6) is 5.75 Å². The first-order valence-corrected chi connectivity index (χ1v) is 17.2. The SMILES string of the molecule is Cc1c(-c2cc(C(C)(C)C)cc(C(C)(C)C)c2O)nc2c(-c3cccc(-c4cc5c(cn4)oc4ccccc45)c3)cc(-c3ccccc3)cn12. The Balaban J connectivity index is 1.35. The van der Waals surface area contributed by atoms with Crippen molar-refractivity contribution in [2.45, 2.75) is 59.3 Å². The fourth-order valence-corrected chi connectivity index (χ4v) is 6.97. The lowest BCUT2D eigenvalue weighted by molar-refractivity contribution is 0.446. The summed E-state index contributed by atoms with van der Waals surface area (Å²) in [5.74, 6) is 0.289. The van der Waals surface area contributed by atoms with Crippen LogP contribution in [0, 0.1) is 6.92 Å². The number of aromatic nitrogens is 3. The number of pyridine rings is 2. The van der Waals surface area contributed by atoms with Crippen molar-refractivity contribution in [3.05, 3.63) is 132 Å². The first kappa shape index (κ1) is 31.6. The van der Waals surface area contributed by atoms with E-state index in [1.54, 1.807) is 0 Å². The Labute approximate surface area is 292 Å².